The molecule has 2 rings (SSSR count). The predicted octanol–water partition coefficient (Wildman–Crippen LogP) is 3.98. The maximum absolute atomic E-state index is 11.6. The number of ketones is 1. The molecule has 0 N–H and O–H groups in total. The van der Waals surface area contributed by atoms with Gasteiger partial charge in [-0.2, -0.15) is 0 Å². The third-order valence-electron chi connectivity index (χ3n) is 5.08. The van der Waals surface area contributed by atoms with Crippen LogP contribution in [0, 0.1) is 23.2 Å². The van der Waals surface area contributed by atoms with E-state index in [2.05, 4.69) is 27.7 Å². The minimum absolute atomic E-state index is 0.307. The lowest BCUT2D eigenvalue weighted by Gasteiger charge is -2.47. The number of hydrogen-bond acceptors (Lipinski definition) is 1. The van der Waals surface area contributed by atoms with E-state index in [0.717, 1.165) is 24.7 Å². The normalized spacial score (nSPS) is 39.6. The monoisotopic (exact) mass is 220 g/mol. The highest BCUT2D eigenvalue weighted by molar-refractivity contribution is 5.91. The van der Waals surface area contributed by atoms with Gasteiger partial charge in [0, 0.05) is 6.42 Å². The van der Waals surface area contributed by atoms with Crippen molar-refractivity contribution in [2.45, 2.75) is 53.4 Å². The van der Waals surface area contributed by atoms with Crippen molar-refractivity contribution < 1.29 is 4.79 Å². The molecular formula is C15H24O. The molecule has 0 unspecified atom stereocenters. The zero-order valence-electron chi connectivity index (χ0n) is 11.0. The molecule has 2 aliphatic carbocycles. The number of hydrogen-bond donors (Lipinski definition) is 0. The fourth-order valence-corrected chi connectivity index (χ4v) is 3.51. The summed E-state index contributed by atoms with van der Waals surface area (Å²) >= 11 is 0. The Morgan fingerprint density at radius 2 is 2.12 bits per heavy atom. The molecule has 0 bridgehead atoms. The Bertz CT molecular complexity index is 326. The summed E-state index contributed by atoms with van der Waals surface area (Å²) < 4.78 is 0. The molecule has 0 spiro atoms. The summed E-state index contributed by atoms with van der Waals surface area (Å²) in [5.41, 5.74) is 1.74. The summed E-state index contributed by atoms with van der Waals surface area (Å²) in [7, 11) is 0. The first-order valence-corrected chi connectivity index (χ1v) is 6.67. The van der Waals surface area contributed by atoms with Crippen LogP contribution in [0.1, 0.15) is 53.4 Å². The lowest BCUT2D eigenvalue weighted by atomic mass is 9.57. The van der Waals surface area contributed by atoms with E-state index < -0.39 is 0 Å². The predicted molar refractivity (Wildman–Crippen MR) is 67.2 cm³/mol. The van der Waals surface area contributed by atoms with E-state index in [-0.39, 0.29) is 0 Å². The van der Waals surface area contributed by atoms with E-state index in [9.17, 15) is 4.79 Å². The molecular weight excluding hydrogens is 196 g/mol. The number of carbonyl (C=O) groups is 1. The zero-order valence-corrected chi connectivity index (χ0v) is 11.0. The molecule has 2 aliphatic rings. The second kappa shape index (κ2) is 4.01. The zero-order chi connectivity index (χ0) is 11.9. The van der Waals surface area contributed by atoms with Crippen LogP contribution in [0.4, 0.5) is 0 Å². The molecule has 0 aromatic heterocycles. The van der Waals surface area contributed by atoms with Crippen LogP contribution in [0.25, 0.3) is 0 Å². The van der Waals surface area contributed by atoms with Gasteiger partial charge in [-0.1, -0.05) is 33.3 Å². The molecule has 1 heteroatoms. The third-order valence-corrected chi connectivity index (χ3v) is 5.08. The molecule has 0 amide bonds. The van der Waals surface area contributed by atoms with E-state index in [1.54, 1.807) is 0 Å². The van der Waals surface area contributed by atoms with Gasteiger partial charge in [-0.15, -0.1) is 0 Å². The van der Waals surface area contributed by atoms with Gasteiger partial charge in [0.05, 0.1) is 0 Å². The molecule has 0 heterocycles. The lowest BCUT2D eigenvalue weighted by Crippen LogP contribution is -2.39. The van der Waals surface area contributed by atoms with Crippen LogP contribution in [-0.2, 0) is 4.79 Å². The first-order valence-electron chi connectivity index (χ1n) is 6.67. The second-order valence-corrected chi connectivity index (χ2v) is 6.41. The standard InChI is InChI=1S/C15H24O/c1-10(2)12-5-6-13-8-14(16)7-11(3)15(13,4)9-12/h8,10-12H,5-7,9H2,1-4H3/t11-,12+,15+/m0/s1. The number of fused-ring (bicyclic) bond motifs is 1. The number of allylic oxidation sites excluding steroid dienone is 2. The highest BCUT2D eigenvalue weighted by atomic mass is 16.1. The van der Waals surface area contributed by atoms with Crippen molar-refractivity contribution in [3.8, 4) is 0 Å². The molecule has 3 atom stereocenters. The van der Waals surface area contributed by atoms with Crippen molar-refractivity contribution in [1.82, 2.24) is 0 Å². The number of rotatable bonds is 1. The average molecular weight is 220 g/mol. The summed E-state index contributed by atoms with van der Waals surface area (Å²) in [5, 5.41) is 0. The first-order chi connectivity index (χ1) is 7.43. The largest absolute Gasteiger partial charge is 0.295 e. The van der Waals surface area contributed by atoms with Gasteiger partial charge in [-0.25, -0.2) is 0 Å². The van der Waals surface area contributed by atoms with E-state index >= 15 is 0 Å². The Balaban J connectivity index is 2.27. The Morgan fingerprint density at radius 3 is 2.75 bits per heavy atom. The number of carbonyl (C=O) groups excluding carboxylic acids is 1. The SMILES string of the molecule is CC(C)[C@@H]1CCC2=CC(=O)C[C@H](C)[C@@]2(C)C1. The first kappa shape index (κ1) is 11.9. The van der Waals surface area contributed by atoms with Crippen LogP contribution in [0.15, 0.2) is 11.6 Å². The van der Waals surface area contributed by atoms with Crippen LogP contribution in [0.2, 0.25) is 0 Å². The Kier molecular flexibility index (Phi) is 2.98. The molecule has 90 valence electrons. The van der Waals surface area contributed by atoms with Gasteiger partial charge in [-0.05, 0) is 48.5 Å². The van der Waals surface area contributed by atoms with Gasteiger partial charge < -0.3 is 0 Å². The molecule has 0 aromatic rings. The minimum Gasteiger partial charge on any atom is -0.295 e. The van der Waals surface area contributed by atoms with Gasteiger partial charge >= 0.3 is 0 Å². The van der Waals surface area contributed by atoms with Crippen molar-refractivity contribution in [2.24, 2.45) is 23.2 Å². The van der Waals surface area contributed by atoms with Crippen molar-refractivity contribution in [3.63, 3.8) is 0 Å². The third kappa shape index (κ3) is 1.85. The maximum atomic E-state index is 11.6. The van der Waals surface area contributed by atoms with Gasteiger partial charge in [0.1, 0.15) is 0 Å². The van der Waals surface area contributed by atoms with Crippen LogP contribution in [-0.4, -0.2) is 5.78 Å². The van der Waals surface area contributed by atoms with Gasteiger partial charge in [0.2, 0.25) is 0 Å². The summed E-state index contributed by atoms with van der Waals surface area (Å²) in [5.74, 6) is 2.51. The molecule has 1 fully saturated rings. The van der Waals surface area contributed by atoms with Crippen LogP contribution >= 0.6 is 0 Å². The maximum Gasteiger partial charge on any atom is 0.155 e. The van der Waals surface area contributed by atoms with Gasteiger partial charge in [-0.3, -0.25) is 4.79 Å². The Morgan fingerprint density at radius 1 is 1.44 bits per heavy atom. The van der Waals surface area contributed by atoms with E-state index in [1.165, 1.54) is 18.4 Å². The van der Waals surface area contributed by atoms with E-state index in [0.29, 0.717) is 17.1 Å². The second-order valence-electron chi connectivity index (χ2n) is 6.41. The van der Waals surface area contributed by atoms with Crippen LogP contribution < -0.4 is 0 Å². The Hall–Kier alpha value is -0.590. The lowest BCUT2D eigenvalue weighted by molar-refractivity contribution is -0.117. The Labute approximate surface area is 99.3 Å². The molecule has 0 radical (unpaired) electrons. The smallest absolute Gasteiger partial charge is 0.155 e. The molecule has 1 nitrogen and oxygen atoms in total. The molecule has 0 aromatic carbocycles. The minimum atomic E-state index is 0.307. The highest BCUT2D eigenvalue weighted by Gasteiger charge is 2.43. The summed E-state index contributed by atoms with van der Waals surface area (Å²) in [6, 6.07) is 0. The van der Waals surface area contributed by atoms with Crippen molar-refractivity contribution >= 4 is 5.78 Å². The topological polar surface area (TPSA) is 17.1 Å². The average Bonchev–Trinajstić information content (AvgIpc) is 2.19. The molecule has 16 heavy (non-hydrogen) atoms. The highest BCUT2D eigenvalue weighted by Crippen LogP contribution is 2.52. The van der Waals surface area contributed by atoms with Gasteiger partial charge in [0.25, 0.3) is 0 Å². The molecule has 1 saturated carbocycles. The van der Waals surface area contributed by atoms with Crippen molar-refractivity contribution in [1.29, 1.82) is 0 Å². The summed E-state index contributed by atoms with van der Waals surface area (Å²) in [6.07, 6.45) is 6.42. The van der Waals surface area contributed by atoms with E-state index in [1.807, 2.05) is 6.08 Å². The molecule has 0 saturated heterocycles. The van der Waals surface area contributed by atoms with Crippen LogP contribution in [0.5, 0.6) is 0 Å². The quantitative estimate of drug-likeness (QED) is 0.653. The summed E-state index contributed by atoms with van der Waals surface area (Å²) in [6.45, 7) is 9.31. The fourth-order valence-electron chi connectivity index (χ4n) is 3.51. The van der Waals surface area contributed by atoms with Crippen molar-refractivity contribution in [2.75, 3.05) is 0 Å². The fraction of sp³-hybridized carbons (Fsp3) is 0.800. The van der Waals surface area contributed by atoms with Gasteiger partial charge in [0.15, 0.2) is 5.78 Å². The molecule has 0 aliphatic heterocycles. The summed E-state index contributed by atoms with van der Waals surface area (Å²) in [4.78, 5) is 11.6. The van der Waals surface area contributed by atoms with Crippen molar-refractivity contribution in [3.05, 3.63) is 11.6 Å². The van der Waals surface area contributed by atoms with E-state index in [4.69, 9.17) is 0 Å². The van der Waals surface area contributed by atoms with Crippen LogP contribution in [0.3, 0.4) is 0 Å².